The lowest BCUT2D eigenvalue weighted by Gasteiger charge is -2.17. The van der Waals surface area contributed by atoms with Gasteiger partial charge in [0.25, 0.3) is 11.8 Å². The standard InChI is InChI=1S/C19H22F2N4O2/c1-11(2)10-22-18(26)16-15-5-3-4-8-25(15)17(24-16)19(27)23-14-7-6-12(20)9-13(14)21/h6-7,9,11H,3-5,8,10H2,1-2H3,(H,22,26)(H,23,27). The smallest absolute Gasteiger partial charge is 0.291 e. The highest BCUT2D eigenvalue weighted by Gasteiger charge is 2.27. The third-order valence-corrected chi connectivity index (χ3v) is 4.39. The van der Waals surface area contributed by atoms with Crippen LogP contribution in [0.3, 0.4) is 0 Å². The first-order valence-electron chi connectivity index (χ1n) is 9.00. The molecule has 6 nitrogen and oxygen atoms in total. The van der Waals surface area contributed by atoms with Gasteiger partial charge in [0.15, 0.2) is 5.82 Å². The molecular formula is C19H22F2N4O2. The van der Waals surface area contributed by atoms with Crippen molar-refractivity contribution in [1.29, 1.82) is 0 Å². The molecule has 2 heterocycles. The monoisotopic (exact) mass is 376 g/mol. The number of halogens is 2. The van der Waals surface area contributed by atoms with E-state index in [9.17, 15) is 18.4 Å². The number of rotatable bonds is 5. The Morgan fingerprint density at radius 3 is 2.70 bits per heavy atom. The van der Waals surface area contributed by atoms with Gasteiger partial charge < -0.3 is 15.2 Å². The van der Waals surface area contributed by atoms with Crippen molar-refractivity contribution in [2.45, 2.75) is 39.7 Å². The minimum Gasteiger partial charge on any atom is -0.350 e. The Kier molecular flexibility index (Phi) is 5.53. The highest BCUT2D eigenvalue weighted by atomic mass is 19.1. The number of hydrogen-bond donors (Lipinski definition) is 2. The van der Waals surface area contributed by atoms with E-state index >= 15 is 0 Å². The van der Waals surface area contributed by atoms with E-state index in [4.69, 9.17) is 0 Å². The first-order chi connectivity index (χ1) is 12.9. The van der Waals surface area contributed by atoms with Gasteiger partial charge >= 0.3 is 0 Å². The average molecular weight is 376 g/mol. The molecule has 2 amide bonds. The number of nitrogens with zero attached hydrogens (tertiary/aromatic N) is 2. The first-order valence-corrected chi connectivity index (χ1v) is 9.00. The molecule has 144 valence electrons. The minimum atomic E-state index is -0.872. The summed E-state index contributed by atoms with van der Waals surface area (Å²) in [7, 11) is 0. The van der Waals surface area contributed by atoms with Crippen LogP contribution in [0.2, 0.25) is 0 Å². The number of carbonyl (C=O) groups is 2. The average Bonchev–Trinajstić information content (AvgIpc) is 3.02. The number of aromatic nitrogens is 2. The summed E-state index contributed by atoms with van der Waals surface area (Å²) in [6.07, 6.45) is 2.42. The van der Waals surface area contributed by atoms with Gasteiger partial charge in [-0.15, -0.1) is 0 Å². The van der Waals surface area contributed by atoms with Gasteiger partial charge in [-0.05, 0) is 37.3 Å². The highest BCUT2D eigenvalue weighted by molar-refractivity contribution is 6.03. The van der Waals surface area contributed by atoms with Gasteiger partial charge in [-0.3, -0.25) is 9.59 Å². The molecule has 2 aromatic rings. The third-order valence-electron chi connectivity index (χ3n) is 4.39. The Labute approximate surface area is 156 Å². The van der Waals surface area contributed by atoms with Crippen LogP contribution >= 0.6 is 0 Å². The molecule has 0 aliphatic carbocycles. The van der Waals surface area contributed by atoms with E-state index in [1.165, 1.54) is 0 Å². The van der Waals surface area contributed by atoms with Gasteiger partial charge in [0.2, 0.25) is 0 Å². The minimum absolute atomic E-state index is 0.0584. The Balaban J connectivity index is 1.88. The number of carbonyl (C=O) groups excluding carboxylic acids is 2. The molecule has 0 fully saturated rings. The van der Waals surface area contributed by atoms with Crippen LogP contribution in [-0.4, -0.2) is 27.9 Å². The van der Waals surface area contributed by atoms with Crippen LogP contribution in [-0.2, 0) is 13.0 Å². The summed E-state index contributed by atoms with van der Waals surface area (Å²) >= 11 is 0. The highest BCUT2D eigenvalue weighted by Crippen LogP contribution is 2.23. The van der Waals surface area contributed by atoms with E-state index in [1.807, 2.05) is 13.8 Å². The normalized spacial score (nSPS) is 13.4. The molecule has 1 aromatic heterocycles. The molecule has 1 aromatic carbocycles. The number of hydrogen-bond acceptors (Lipinski definition) is 3. The van der Waals surface area contributed by atoms with Crippen LogP contribution in [0.1, 0.15) is 53.5 Å². The molecule has 0 saturated heterocycles. The SMILES string of the molecule is CC(C)CNC(=O)c1nc(C(=O)Nc2ccc(F)cc2F)n2c1CCCC2. The Hall–Kier alpha value is -2.77. The molecule has 0 atom stereocenters. The molecule has 1 aliphatic rings. The van der Waals surface area contributed by atoms with E-state index < -0.39 is 17.5 Å². The number of anilines is 1. The molecule has 0 saturated carbocycles. The lowest BCUT2D eigenvalue weighted by Crippen LogP contribution is -2.29. The van der Waals surface area contributed by atoms with Gasteiger partial charge in [-0.25, -0.2) is 13.8 Å². The predicted molar refractivity (Wildman–Crippen MR) is 96.6 cm³/mol. The van der Waals surface area contributed by atoms with Crippen molar-refractivity contribution in [3.8, 4) is 0 Å². The summed E-state index contributed by atoms with van der Waals surface area (Å²) in [4.78, 5) is 29.4. The van der Waals surface area contributed by atoms with Crippen molar-refractivity contribution in [3.05, 3.63) is 47.0 Å². The number of amides is 2. The Bertz CT molecular complexity index is 877. The van der Waals surface area contributed by atoms with Crippen molar-refractivity contribution in [3.63, 3.8) is 0 Å². The molecule has 2 N–H and O–H groups in total. The maximum atomic E-state index is 13.8. The maximum absolute atomic E-state index is 13.8. The first kappa shape index (κ1) is 19.0. The molecule has 27 heavy (non-hydrogen) atoms. The fourth-order valence-electron chi connectivity index (χ4n) is 3.05. The van der Waals surface area contributed by atoms with Crippen LogP contribution in [0.25, 0.3) is 0 Å². The fraction of sp³-hybridized carbons (Fsp3) is 0.421. The number of benzene rings is 1. The molecule has 3 rings (SSSR count). The fourth-order valence-corrected chi connectivity index (χ4v) is 3.05. The second-order valence-corrected chi connectivity index (χ2v) is 7.02. The summed E-state index contributed by atoms with van der Waals surface area (Å²) in [5.41, 5.74) is 0.813. The van der Waals surface area contributed by atoms with Crippen LogP contribution in [0.15, 0.2) is 18.2 Å². The predicted octanol–water partition coefficient (Wildman–Crippen LogP) is 3.14. The van der Waals surface area contributed by atoms with Gasteiger partial charge in [-0.2, -0.15) is 0 Å². The second-order valence-electron chi connectivity index (χ2n) is 7.02. The zero-order valence-electron chi connectivity index (χ0n) is 15.3. The van der Waals surface area contributed by atoms with Crippen LogP contribution < -0.4 is 10.6 Å². The van der Waals surface area contributed by atoms with Crippen molar-refractivity contribution in [2.24, 2.45) is 5.92 Å². The van der Waals surface area contributed by atoms with E-state index in [0.717, 1.165) is 25.0 Å². The molecule has 0 radical (unpaired) electrons. The molecule has 0 unspecified atom stereocenters. The lowest BCUT2D eigenvalue weighted by atomic mass is 10.1. The number of imidazole rings is 1. The largest absolute Gasteiger partial charge is 0.350 e. The molecule has 0 bridgehead atoms. The van der Waals surface area contributed by atoms with Crippen molar-refractivity contribution in [2.75, 3.05) is 11.9 Å². The van der Waals surface area contributed by atoms with E-state index in [-0.39, 0.29) is 29.0 Å². The number of nitrogens with one attached hydrogen (secondary N) is 2. The second kappa shape index (κ2) is 7.85. The zero-order valence-corrected chi connectivity index (χ0v) is 15.3. The van der Waals surface area contributed by atoms with Crippen LogP contribution in [0.5, 0.6) is 0 Å². The summed E-state index contributed by atoms with van der Waals surface area (Å²) in [6.45, 7) is 5.04. The van der Waals surface area contributed by atoms with Crippen LogP contribution in [0, 0.1) is 17.6 Å². The molecule has 1 aliphatic heterocycles. The molecule has 8 heteroatoms. The van der Waals surface area contributed by atoms with Crippen molar-refractivity contribution in [1.82, 2.24) is 14.9 Å². The molecule has 0 spiro atoms. The van der Waals surface area contributed by atoms with Gasteiger partial charge in [-0.1, -0.05) is 13.8 Å². The number of fused-ring (bicyclic) bond motifs is 1. The zero-order chi connectivity index (χ0) is 19.6. The lowest BCUT2D eigenvalue weighted by molar-refractivity contribution is 0.0943. The van der Waals surface area contributed by atoms with E-state index in [0.29, 0.717) is 31.3 Å². The summed E-state index contributed by atoms with van der Waals surface area (Å²) in [5.74, 6) is -2.20. The molecular weight excluding hydrogens is 354 g/mol. The Morgan fingerprint density at radius 1 is 1.22 bits per heavy atom. The summed E-state index contributed by atoms with van der Waals surface area (Å²) in [6, 6.07) is 2.91. The summed E-state index contributed by atoms with van der Waals surface area (Å²) < 4.78 is 28.6. The van der Waals surface area contributed by atoms with Gasteiger partial charge in [0.1, 0.15) is 17.3 Å². The maximum Gasteiger partial charge on any atom is 0.291 e. The Morgan fingerprint density at radius 2 is 2.00 bits per heavy atom. The van der Waals surface area contributed by atoms with E-state index in [1.54, 1.807) is 4.57 Å². The summed E-state index contributed by atoms with van der Waals surface area (Å²) in [5, 5.41) is 5.23. The third kappa shape index (κ3) is 4.15. The quantitative estimate of drug-likeness (QED) is 0.842. The van der Waals surface area contributed by atoms with Gasteiger partial charge in [0.05, 0.1) is 11.4 Å². The van der Waals surface area contributed by atoms with Gasteiger partial charge in [0, 0.05) is 19.2 Å². The van der Waals surface area contributed by atoms with E-state index in [2.05, 4.69) is 15.6 Å². The van der Waals surface area contributed by atoms with Crippen molar-refractivity contribution < 1.29 is 18.4 Å². The topological polar surface area (TPSA) is 76.0 Å². The van der Waals surface area contributed by atoms with Crippen LogP contribution in [0.4, 0.5) is 14.5 Å². The van der Waals surface area contributed by atoms with Crippen molar-refractivity contribution >= 4 is 17.5 Å².